The molecule has 1 aliphatic carbocycles. The van der Waals surface area contributed by atoms with E-state index in [1.165, 1.54) is 51.6 Å². The lowest BCUT2D eigenvalue weighted by atomic mass is 9.89. The Hall–Kier alpha value is -0.0800. The first-order valence-corrected chi connectivity index (χ1v) is 8.05. The second kappa shape index (κ2) is 8.92. The topological polar surface area (TPSA) is 15.3 Å². The quantitative estimate of drug-likeness (QED) is 0.713. The molecule has 18 heavy (non-hydrogen) atoms. The van der Waals surface area contributed by atoms with Crippen LogP contribution in [0.2, 0.25) is 0 Å². The van der Waals surface area contributed by atoms with Gasteiger partial charge < -0.3 is 10.2 Å². The van der Waals surface area contributed by atoms with E-state index >= 15 is 0 Å². The van der Waals surface area contributed by atoms with Crippen LogP contribution in [0, 0.1) is 11.8 Å². The summed E-state index contributed by atoms with van der Waals surface area (Å²) in [5.41, 5.74) is 0. The first kappa shape index (κ1) is 16.0. The Morgan fingerprint density at radius 3 is 2.39 bits per heavy atom. The Bertz CT molecular complexity index is 197. The summed E-state index contributed by atoms with van der Waals surface area (Å²) >= 11 is 0. The van der Waals surface area contributed by atoms with E-state index in [2.05, 4.69) is 38.0 Å². The van der Waals surface area contributed by atoms with Gasteiger partial charge in [0.05, 0.1) is 0 Å². The van der Waals surface area contributed by atoms with Crippen molar-refractivity contribution in [1.29, 1.82) is 0 Å². The molecular formula is C16H34N2. The normalized spacial score (nSPS) is 19.7. The van der Waals surface area contributed by atoms with Crippen LogP contribution in [-0.2, 0) is 0 Å². The van der Waals surface area contributed by atoms with Crippen LogP contribution < -0.4 is 5.32 Å². The lowest BCUT2D eigenvalue weighted by molar-refractivity contribution is 0.200. The zero-order chi connectivity index (χ0) is 13.4. The highest BCUT2D eigenvalue weighted by atomic mass is 15.1. The molecule has 1 unspecified atom stereocenters. The van der Waals surface area contributed by atoms with E-state index in [9.17, 15) is 0 Å². The maximum atomic E-state index is 3.70. The summed E-state index contributed by atoms with van der Waals surface area (Å²) in [6.45, 7) is 10.6. The fourth-order valence-corrected chi connectivity index (χ4v) is 3.06. The Kier molecular flexibility index (Phi) is 7.92. The van der Waals surface area contributed by atoms with Gasteiger partial charge in [-0.25, -0.2) is 0 Å². The molecule has 0 heterocycles. The third-order valence-corrected chi connectivity index (χ3v) is 4.26. The fourth-order valence-electron chi connectivity index (χ4n) is 3.06. The largest absolute Gasteiger partial charge is 0.312 e. The highest BCUT2D eigenvalue weighted by Gasteiger charge is 2.19. The molecule has 1 rings (SSSR count). The van der Waals surface area contributed by atoms with Gasteiger partial charge in [-0.15, -0.1) is 0 Å². The van der Waals surface area contributed by atoms with Crippen LogP contribution in [0.1, 0.15) is 59.3 Å². The lowest BCUT2D eigenvalue weighted by Gasteiger charge is -2.31. The molecule has 0 saturated heterocycles. The van der Waals surface area contributed by atoms with Crippen LogP contribution in [0.15, 0.2) is 0 Å². The number of nitrogens with one attached hydrogen (secondary N) is 1. The van der Waals surface area contributed by atoms with Gasteiger partial charge in [-0.05, 0) is 44.7 Å². The minimum atomic E-state index is 0.651. The van der Waals surface area contributed by atoms with E-state index in [4.69, 9.17) is 0 Å². The van der Waals surface area contributed by atoms with Crippen LogP contribution in [-0.4, -0.2) is 37.6 Å². The van der Waals surface area contributed by atoms with Crippen molar-refractivity contribution in [3.63, 3.8) is 0 Å². The van der Waals surface area contributed by atoms with Crippen molar-refractivity contribution < 1.29 is 0 Å². The fraction of sp³-hybridized carbons (Fsp3) is 1.00. The predicted octanol–water partition coefficient (Wildman–Crippen LogP) is 3.52. The Morgan fingerprint density at radius 2 is 1.83 bits per heavy atom. The van der Waals surface area contributed by atoms with Gasteiger partial charge in [0.1, 0.15) is 0 Å². The van der Waals surface area contributed by atoms with E-state index in [-0.39, 0.29) is 0 Å². The van der Waals surface area contributed by atoms with Crippen molar-refractivity contribution in [1.82, 2.24) is 10.2 Å². The Labute approximate surface area is 115 Å². The van der Waals surface area contributed by atoms with Crippen molar-refractivity contribution in [2.24, 2.45) is 11.8 Å². The predicted molar refractivity (Wildman–Crippen MR) is 81.0 cm³/mol. The third kappa shape index (κ3) is 6.19. The van der Waals surface area contributed by atoms with E-state index in [1.54, 1.807) is 0 Å². The number of rotatable bonds is 8. The molecule has 108 valence electrons. The van der Waals surface area contributed by atoms with E-state index in [1.807, 2.05) is 0 Å². The minimum Gasteiger partial charge on any atom is -0.312 e. The van der Waals surface area contributed by atoms with Crippen LogP contribution >= 0.6 is 0 Å². The van der Waals surface area contributed by atoms with E-state index < -0.39 is 0 Å². The second-order valence-corrected chi connectivity index (χ2v) is 6.53. The van der Waals surface area contributed by atoms with E-state index in [0.29, 0.717) is 6.04 Å². The van der Waals surface area contributed by atoms with Gasteiger partial charge in [-0.2, -0.15) is 0 Å². The van der Waals surface area contributed by atoms with Crippen LogP contribution in [0.3, 0.4) is 0 Å². The average Bonchev–Trinajstić information content (AvgIpc) is 2.35. The third-order valence-electron chi connectivity index (χ3n) is 4.26. The Balaban J connectivity index is 2.28. The van der Waals surface area contributed by atoms with Gasteiger partial charge in [-0.1, -0.05) is 40.0 Å². The van der Waals surface area contributed by atoms with Gasteiger partial charge in [-0.3, -0.25) is 0 Å². The van der Waals surface area contributed by atoms with E-state index in [0.717, 1.165) is 18.4 Å². The van der Waals surface area contributed by atoms with Crippen molar-refractivity contribution >= 4 is 0 Å². The van der Waals surface area contributed by atoms with Crippen molar-refractivity contribution in [2.45, 2.75) is 65.3 Å². The van der Waals surface area contributed by atoms with Gasteiger partial charge >= 0.3 is 0 Å². The molecule has 0 aromatic rings. The van der Waals surface area contributed by atoms with Gasteiger partial charge in [0.2, 0.25) is 0 Å². The molecule has 0 spiro atoms. The van der Waals surface area contributed by atoms with Crippen LogP contribution in [0.4, 0.5) is 0 Å². The molecule has 2 heteroatoms. The lowest BCUT2D eigenvalue weighted by Crippen LogP contribution is -2.44. The van der Waals surface area contributed by atoms with Crippen molar-refractivity contribution in [3.8, 4) is 0 Å². The highest BCUT2D eigenvalue weighted by Crippen LogP contribution is 2.24. The zero-order valence-electron chi connectivity index (χ0n) is 13.0. The minimum absolute atomic E-state index is 0.651. The zero-order valence-corrected chi connectivity index (χ0v) is 13.0. The molecule has 0 amide bonds. The SMILES string of the molecule is CCCNC(CN(C)CC1CCCCC1)C(C)C. The number of hydrogen-bond donors (Lipinski definition) is 1. The number of hydrogen-bond acceptors (Lipinski definition) is 2. The number of likely N-dealkylation sites (N-methyl/N-ethyl adjacent to an activating group) is 1. The summed E-state index contributed by atoms with van der Waals surface area (Å²) in [5.74, 6) is 1.69. The van der Waals surface area contributed by atoms with Crippen LogP contribution in [0.25, 0.3) is 0 Å². The molecule has 1 saturated carbocycles. The Morgan fingerprint density at radius 1 is 1.17 bits per heavy atom. The molecule has 1 atom stereocenters. The monoisotopic (exact) mass is 254 g/mol. The van der Waals surface area contributed by atoms with Crippen molar-refractivity contribution in [3.05, 3.63) is 0 Å². The maximum absolute atomic E-state index is 3.70. The molecule has 0 aliphatic heterocycles. The summed E-state index contributed by atoms with van der Waals surface area (Å²) in [6.07, 6.45) is 8.53. The number of nitrogens with zero attached hydrogens (tertiary/aromatic N) is 1. The molecule has 0 aromatic carbocycles. The molecule has 2 nitrogen and oxygen atoms in total. The van der Waals surface area contributed by atoms with Gasteiger partial charge in [0, 0.05) is 19.1 Å². The molecule has 0 bridgehead atoms. The highest BCUT2D eigenvalue weighted by molar-refractivity contribution is 4.76. The molecular weight excluding hydrogens is 220 g/mol. The van der Waals surface area contributed by atoms with Gasteiger partial charge in [0.15, 0.2) is 0 Å². The molecule has 1 fully saturated rings. The summed E-state index contributed by atoms with van der Waals surface area (Å²) < 4.78 is 0. The smallest absolute Gasteiger partial charge is 0.0217 e. The molecule has 1 aliphatic rings. The second-order valence-electron chi connectivity index (χ2n) is 6.53. The maximum Gasteiger partial charge on any atom is 0.0217 e. The molecule has 1 N–H and O–H groups in total. The summed E-state index contributed by atoms with van der Waals surface area (Å²) in [7, 11) is 2.30. The molecule has 0 radical (unpaired) electrons. The van der Waals surface area contributed by atoms with Crippen molar-refractivity contribution in [2.75, 3.05) is 26.7 Å². The first-order valence-electron chi connectivity index (χ1n) is 8.05. The molecule has 0 aromatic heterocycles. The summed E-state index contributed by atoms with van der Waals surface area (Å²) in [4.78, 5) is 2.56. The first-order chi connectivity index (χ1) is 8.63. The van der Waals surface area contributed by atoms with Crippen LogP contribution in [0.5, 0.6) is 0 Å². The van der Waals surface area contributed by atoms with Gasteiger partial charge in [0.25, 0.3) is 0 Å². The average molecular weight is 254 g/mol. The standard InChI is InChI=1S/C16H34N2/c1-5-11-17-16(14(2)3)13-18(4)12-15-9-7-6-8-10-15/h14-17H,5-13H2,1-4H3. The summed E-state index contributed by atoms with van der Waals surface area (Å²) in [5, 5.41) is 3.70. The summed E-state index contributed by atoms with van der Waals surface area (Å²) in [6, 6.07) is 0.651.